The van der Waals surface area contributed by atoms with Crippen LogP contribution in [0.25, 0.3) is 0 Å². The van der Waals surface area contributed by atoms with Crippen LogP contribution in [-0.2, 0) is 24.1 Å². The summed E-state index contributed by atoms with van der Waals surface area (Å²) < 4.78 is 48.2. The zero-order valence-electron chi connectivity index (χ0n) is 38.7. The molecule has 1 aromatic heterocycles. The van der Waals surface area contributed by atoms with E-state index in [4.69, 9.17) is 32.7 Å². The van der Waals surface area contributed by atoms with Crippen molar-refractivity contribution >= 4 is 26.2 Å². The molecular formula is C52H54N5O10P. The lowest BCUT2D eigenvalue weighted by Gasteiger charge is -2.40. The smallest absolute Gasteiger partial charge is 0.351 e. The van der Waals surface area contributed by atoms with Crippen molar-refractivity contribution < 1.29 is 42.3 Å². The van der Waals surface area contributed by atoms with Gasteiger partial charge in [-0.05, 0) is 92.9 Å². The number of rotatable bonds is 20. The van der Waals surface area contributed by atoms with Crippen molar-refractivity contribution in [3.8, 4) is 23.3 Å². The average Bonchev–Trinajstić information content (AvgIpc) is 3.75. The number of aromatic nitrogens is 2. The Morgan fingerprint density at radius 1 is 0.809 bits per heavy atom. The molecule has 1 fully saturated rings. The van der Waals surface area contributed by atoms with E-state index in [1.165, 1.54) is 10.8 Å². The van der Waals surface area contributed by atoms with E-state index in [2.05, 4.69) is 21.0 Å². The molecule has 1 saturated heterocycles. The van der Waals surface area contributed by atoms with Crippen LogP contribution < -0.4 is 25.2 Å². The number of esters is 1. The molecule has 15 nitrogen and oxygen atoms in total. The molecule has 7 rings (SSSR count). The Labute approximate surface area is 397 Å². The van der Waals surface area contributed by atoms with Gasteiger partial charge < -0.3 is 38.0 Å². The predicted octanol–water partition coefficient (Wildman–Crippen LogP) is 9.65. The second kappa shape index (κ2) is 22.8. The molecule has 16 heteroatoms. The third-order valence-corrected chi connectivity index (χ3v) is 13.2. The zero-order valence-corrected chi connectivity index (χ0v) is 39.6. The van der Waals surface area contributed by atoms with Crippen LogP contribution in [0.4, 0.5) is 5.82 Å². The van der Waals surface area contributed by atoms with Crippen LogP contribution in [0.2, 0.25) is 0 Å². The Bertz CT molecular complexity index is 2650. The summed E-state index contributed by atoms with van der Waals surface area (Å²) in [5, 5.41) is 12.2. The van der Waals surface area contributed by atoms with Gasteiger partial charge in [-0.15, -0.1) is 0 Å². The standard InChI is InChI=1S/C52H54N5O10P/c1-35(2)57(36(3)4)68(63-32-16-31-53)67-44-33-46(56-34-45(64-49(59)38-19-12-8-13-20-38)47(55-51(56)60)54-48(58)37-17-10-7-11-18-37)65-50(44)66-52(39-21-14-9-15-22-39,40-23-27-42(61-5)28-24-40)41-25-29-43(62-6)30-26-41/h7-15,17-30,34-36,44,46,50H,16,32-33H2,1-6H3,(H,54,55,58,60)/t44-,46+,50+,68?/m0/s1. The number of amides is 1. The second-order valence-electron chi connectivity index (χ2n) is 16.2. The molecule has 6 aromatic rings. The highest BCUT2D eigenvalue weighted by Crippen LogP contribution is 2.52. The zero-order chi connectivity index (χ0) is 48.2. The summed E-state index contributed by atoms with van der Waals surface area (Å²) in [7, 11) is 1.31. The molecule has 0 saturated carbocycles. The fourth-order valence-electron chi connectivity index (χ4n) is 7.92. The van der Waals surface area contributed by atoms with Gasteiger partial charge in [-0.1, -0.05) is 91.0 Å². The molecule has 1 aliphatic heterocycles. The van der Waals surface area contributed by atoms with Crippen LogP contribution in [0.1, 0.15) is 84.2 Å². The largest absolute Gasteiger partial charge is 0.497 e. The lowest BCUT2D eigenvalue weighted by molar-refractivity contribution is -0.214. The van der Waals surface area contributed by atoms with E-state index in [0.717, 1.165) is 5.56 Å². The fourth-order valence-corrected chi connectivity index (χ4v) is 9.64. The number of carbonyl (C=O) groups excluding carboxylic acids is 2. The number of nitriles is 1. The van der Waals surface area contributed by atoms with E-state index in [0.29, 0.717) is 28.2 Å². The third kappa shape index (κ3) is 11.3. The fraction of sp³-hybridized carbons (Fsp3) is 0.288. The minimum absolute atomic E-state index is 0.00855. The van der Waals surface area contributed by atoms with Gasteiger partial charge >= 0.3 is 11.7 Å². The first kappa shape index (κ1) is 49.2. The van der Waals surface area contributed by atoms with Crippen LogP contribution >= 0.6 is 8.53 Å². The summed E-state index contributed by atoms with van der Waals surface area (Å²) in [5.41, 5.74) is 0.467. The minimum atomic E-state index is -1.88. The SMILES string of the molecule is COc1ccc(C(O[C@H]2O[C@@H](n3cc(OC(=O)c4ccccc4)c(NC(=O)c4ccccc4)nc3=O)C[C@@H]2OP(OCCC#N)N(C(C)C)C(C)C)(c2ccccc2)c2ccc(OC)cc2)cc1. The topological polar surface area (TPSA) is 173 Å². The molecule has 0 aliphatic carbocycles. The Morgan fingerprint density at radius 3 is 1.87 bits per heavy atom. The number of benzene rings is 5. The first-order chi connectivity index (χ1) is 32.9. The van der Waals surface area contributed by atoms with Crippen LogP contribution in [0.3, 0.4) is 0 Å². The molecular weight excluding hydrogens is 886 g/mol. The number of methoxy groups -OCH3 is 2. The molecule has 0 radical (unpaired) electrons. The maximum atomic E-state index is 14.3. The molecule has 1 unspecified atom stereocenters. The molecule has 1 aliphatic rings. The van der Waals surface area contributed by atoms with Crippen LogP contribution in [0, 0.1) is 11.3 Å². The van der Waals surface area contributed by atoms with Gasteiger partial charge in [0.1, 0.15) is 29.4 Å². The van der Waals surface area contributed by atoms with Crippen LogP contribution in [0.15, 0.2) is 151 Å². The third-order valence-electron chi connectivity index (χ3n) is 11.1. The van der Waals surface area contributed by atoms with Crippen LogP contribution in [0.5, 0.6) is 17.2 Å². The number of anilines is 1. The molecule has 0 bridgehead atoms. The first-order valence-corrected chi connectivity index (χ1v) is 23.3. The number of nitrogens with zero attached hydrogens (tertiary/aromatic N) is 4. The maximum Gasteiger partial charge on any atom is 0.351 e. The highest BCUT2D eigenvalue weighted by atomic mass is 31.2. The van der Waals surface area contributed by atoms with E-state index in [1.807, 2.05) is 107 Å². The Kier molecular flexibility index (Phi) is 16.5. The van der Waals surface area contributed by atoms with Crippen molar-refractivity contribution in [3.63, 3.8) is 0 Å². The van der Waals surface area contributed by atoms with Crippen LogP contribution in [-0.4, -0.2) is 71.4 Å². The van der Waals surface area contributed by atoms with E-state index in [-0.39, 0.29) is 48.7 Å². The highest BCUT2D eigenvalue weighted by Gasteiger charge is 2.49. The molecule has 352 valence electrons. The summed E-state index contributed by atoms with van der Waals surface area (Å²) in [6.07, 6.45) is -1.89. The molecule has 4 atom stereocenters. The van der Waals surface area contributed by atoms with Gasteiger partial charge in [-0.2, -0.15) is 10.2 Å². The summed E-state index contributed by atoms with van der Waals surface area (Å²) in [5.74, 6) is -0.557. The van der Waals surface area contributed by atoms with Gasteiger partial charge in [0, 0.05) is 24.1 Å². The van der Waals surface area contributed by atoms with Crippen molar-refractivity contribution in [3.05, 3.63) is 184 Å². The molecule has 0 spiro atoms. The summed E-state index contributed by atoms with van der Waals surface area (Å²) in [6, 6.07) is 43.4. The molecule has 2 heterocycles. The summed E-state index contributed by atoms with van der Waals surface area (Å²) in [6.45, 7) is 8.22. The first-order valence-electron chi connectivity index (χ1n) is 22.1. The van der Waals surface area contributed by atoms with Gasteiger partial charge in [0.25, 0.3) is 14.4 Å². The minimum Gasteiger partial charge on any atom is -0.497 e. The van der Waals surface area contributed by atoms with Gasteiger partial charge in [0.05, 0.1) is 45.1 Å². The second-order valence-corrected chi connectivity index (χ2v) is 17.6. The summed E-state index contributed by atoms with van der Waals surface area (Å²) in [4.78, 5) is 45.7. The Hall–Kier alpha value is -6.76. The van der Waals surface area contributed by atoms with Gasteiger partial charge in [-0.25, -0.2) is 14.3 Å². The monoisotopic (exact) mass is 939 g/mol. The van der Waals surface area contributed by atoms with Crippen molar-refractivity contribution in [2.45, 2.75) is 76.8 Å². The van der Waals surface area contributed by atoms with E-state index in [1.54, 1.807) is 74.9 Å². The normalized spacial score (nSPS) is 16.3. The van der Waals surface area contributed by atoms with Crippen molar-refractivity contribution in [2.75, 3.05) is 26.1 Å². The number of hydrogen-bond donors (Lipinski definition) is 1. The predicted molar refractivity (Wildman–Crippen MR) is 256 cm³/mol. The van der Waals surface area contributed by atoms with Gasteiger partial charge in [0.2, 0.25) is 0 Å². The Morgan fingerprint density at radius 2 is 1.34 bits per heavy atom. The highest BCUT2D eigenvalue weighted by molar-refractivity contribution is 7.44. The number of hydrogen-bond acceptors (Lipinski definition) is 13. The quantitative estimate of drug-likeness (QED) is 0.0332. The maximum absolute atomic E-state index is 14.3. The van der Waals surface area contributed by atoms with Crippen molar-refractivity contribution in [1.29, 1.82) is 5.26 Å². The molecule has 5 aromatic carbocycles. The number of nitrogens with one attached hydrogen (secondary N) is 1. The van der Waals surface area contributed by atoms with Crippen molar-refractivity contribution in [2.24, 2.45) is 0 Å². The van der Waals surface area contributed by atoms with Gasteiger partial charge in [0.15, 0.2) is 17.9 Å². The van der Waals surface area contributed by atoms with E-state index < -0.39 is 50.3 Å². The number of ether oxygens (including phenoxy) is 5. The summed E-state index contributed by atoms with van der Waals surface area (Å²) >= 11 is 0. The molecule has 1 N–H and O–H groups in total. The number of carbonyl (C=O) groups is 2. The van der Waals surface area contributed by atoms with Gasteiger partial charge in [-0.3, -0.25) is 9.36 Å². The lowest BCUT2D eigenvalue weighted by atomic mass is 9.80. The van der Waals surface area contributed by atoms with E-state index >= 15 is 0 Å². The molecule has 1 amide bonds. The van der Waals surface area contributed by atoms with E-state index in [9.17, 15) is 19.6 Å². The lowest BCUT2D eigenvalue weighted by Crippen LogP contribution is -2.42. The van der Waals surface area contributed by atoms with Crippen molar-refractivity contribution in [1.82, 2.24) is 14.2 Å². The average molecular weight is 940 g/mol. The molecule has 68 heavy (non-hydrogen) atoms. The Balaban J connectivity index is 1.38.